The molecule has 1 aromatic heterocycles. The van der Waals surface area contributed by atoms with Crippen molar-refractivity contribution in [2.45, 2.75) is 13.8 Å². The summed E-state index contributed by atoms with van der Waals surface area (Å²) in [4.78, 5) is 27.7. The fourth-order valence-electron chi connectivity index (χ4n) is 1.73. The van der Waals surface area contributed by atoms with Gasteiger partial charge in [-0.05, 0) is 30.7 Å². The number of benzene rings is 1. The number of thiazole rings is 1. The number of nitrogens with one attached hydrogen (secondary N) is 1. The minimum absolute atomic E-state index is 0.0484. The zero-order valence-electron chi connectivity index (χ0n) is 11.7. The minimum Gasteiger partial charge on any atom is -0.464 e. The predicted octanol–water partition coefficient (Wildman–Crippen LogP) is 3.95. The summed E-state index contributed by atoms with van der Waals surface area (Å²) in [6, 6.07) is 5.76. The molecular weight excluding hydrogens is 356 g/mol. The Bertz CT molecular complexity index is 712. The van der Waals surface area contributed by atoms with Gasteiger partial charge in [0.1, 0.15) is 4.88 Å². The van der Waals surface area contributed by atoms with Crippen LogP contribution in [0.1, 0.15) is 32.6 Å². The number of methoxy groups -OCH3 is 1. The lowest BCUT2D eigenvalue weighted by atomic mass is 10.2. The number of carbonyl (C=O) groups excluding carboxylic acids is 2. The number of aromatic nitrogens is 1. The number of esters is 1. The van der Waals surface area contributed by atoms with Crippen LogP contribution in [0.3, 0.4) is 0 Å². The van der Waals surface area contributed by atoms with E-state index >= 15 is 0 Å². The maximum atomic E-state index is 11.7. The molecule has 0 fully saturated rings. The molecule has 0 amide bonds. The average Bonchev–Trinajstić information content (AvgIpc) is 2.85. The number of halogens is 1. The van der Waals surface area contributed by atoms with Gasteiger partial charge in [-0.15, -0.1) is 0 Å². The third-order valence-electron chi connectivity index (χ3n) is 2.76. The van der Waals surface area contributed by atoms with Gasteiger partial charge in [-0.3, -0.25) is 4.79 Å². The van der Waals surface area contributed by atoms with E-state index in [1.807, 2.05) is 25.1 Å². The van der Waals surface area contributed by atoms with Crippen molar-refractivity contribution in [3.63, 3.8) is 0 Å². The standard InChI is InChI=1S/C14H13BrN2O3S/c1-7-6-9(15)4-5-10(7)16-14-17-11(13(19)20-3)12(21-14)8(2)18/h4-6H,1-3H3,(H,16,17). The Morgan fingerprint density at radius 2 is 2.10 bits per heavy atom. The van der Waals surface area contributed by atoms with Gasteiger partial charge >= 0.3 is 5.97 Å². The summed E-state index contributed by atoms with van der Waals surface area (Å²) in [5.74, 6) is -0.828. The van der Waals surface area contributed by atoms with Crippen molar-refractivity contribution in [3.05, 3.63) is 38.8 Å². The second-order valence-electron chi connectivity index (χ2n) is 4.33. The van der Waals surface area contributed by atoms with Gasteiger partial charge in [-0.25, -0.2) is 9.78 Å². The molecule has 21 heavy (non-hydrogen) atoms. The van der Waals surface area contributed by atoms with Crippen LogP contribution in [0, 0.1) is 6.92 Å². The third kappa shape index (κ3) is 3.48. The lowest BCUT2D eigenvalue weighted by molar-refractivity contribution is 0.0591. The summed E-state index contributed by atoms with van der Waals surface area (Å²) in [5.41, 5.74) is 1.93. The first-order valence-corrected chi connectivity index (χ1v) is 7.66. The molecule has 0 saturated heterocycles. The van der Waals surface area contributed by atoms with Crippen molar-refractivity contribution in [2.75, 3.05) is 12.4 Å². The Balaban J connectivity index is 2.37. The molecule has 7 heteroatoms. The van der Waals surface area contributed by atoms with Gasteiger partial charge in [0, 0.05) is 17.1 Å². The van der Waals surface area contributed by atoms with Crippen LogP contribution in [0.5, 0.6) is 0 Å². The van der Waals surface area contributed by atoms with E-state index in [9.17, 15) is 9.59 Å². The van der Waals surface area contributed by atoms with Crippen molar-refractivity contribution in [1.82, 2.24) is 4.98 Å². The Hall–Kier alpha value is -1.73. The van der Waals surface area contributed by atoms with Crippen LogP contribution < -0.4 is 5.32 Å². The molecule has 0 bridgehead atoms. The monoisotopic (exact) mass is 368 g/mol. The van der Waals surface area contributed by atoms with Crippen molar-refractivity contribution < 1.29 is 14.3 Å². The SMILES string of the molecule is COC(=O)c1nc(Nc2ccc(Br)cc2C)sc1C(C)=O. The Morgan fingerprint density at radius 3 is 2.67 bits per heavy atom. The third-order valence-corrected chi connectivity index (χ3v) is 4.32. The second kappa shape index (κ2) is 6.36. The lowest BCUT2D eigenvalue weighted by Crippen LogP contribution is -2.07. The first kappa shape index (κ1) is 15.7. The van der Waals surface area contributed by atoms with E-state index in [1.54, 1.807) is 0 Å². The van der Waals surface area contributed by atoms with E-state index in [0.29, 0.717) is 10.0 Å². The van der Waals surface area contributed by atoms with E-state index in [0.717, 1.165) is 27.1 Å². The second-order valence-corrected chi connectivity index (χ2v) is 6.24. The quantitative estimate of drug-likeness (QED) is 0.653. The zero-order chi connectivity index (χ0) is 15.6. The number of carbonyl (C=O) groups is 2. The van der Waals surface area contributed by atoms with Crippen LogP contribution >= 0.6 is 27.3 Å². The molecule has 0 unspecified atom stereocenters. The Morgan fingerprint density at radius 1 is 1.38 bits per heavy atom. The molecule has 2 aromatic rings. The number of aryl methyl sites for hydroxylation is 1. The minimum atomic E-state index is -0.614. The van der Waals surface area contributed by atoms with E-state index in [-0.39, 0.29) is 11.5 Å². The van der Waals surface area contributed by atoms with E-state index < -0.39 is 5.97 Å². The number of rotatable bonds is 4. The van der Waals surface area contributed by atoms with Crippen molar-refractivity contribution in [2.24, 2.45) is 0 Å². The molecule has 1 N–H and O–H groups in total. The molecule has 0 spiro atoms. The number of Topliss-reactive ketones (excluding diaryl/α,β-unsaturated/α-hetero) is 1. The molecule has 2 rings (SSSR count). The smallest absolute Gasteiger partial charge is 0.358 e. The van der Waals surface area contributed by atoms with Gasteiger partial charge in [-0.2, -0.15) is 0 Å². The van der Waals surface area contributed by atoms with Crippen LogP contribution in [0.2, 0.25) is 0 Å². The average molecular weight is 369 g/mol. The molecule has 0 saturated carbocycles. The fraction of sp³-hybridized carbons (Fsp3) is 0.214. The highest BCUT2D eigenvalue weighted by Gasteiger charge is 2.22. The van der Waals surface area contributed by atoms with Crippen LogP contribution in [-0.4, -0.2) is 23.8 Å². The van der Waals surface area contributed by atoms with Crippen molar-refractivity contribution in [3.8, 4) is 0 Å². The highest BCUT2D eigenvalue weighted by atomic mass is 79.9. The molecule has 0 aliphatic carbocycles. The summed E-state index contributed by atoms with van der Waals surface area (Å²) in [6.45, 7) is 3.35. The predicted molar refractivity (Wildman–Crippen MR) is 85.6 cm³/mol. The Labute approximate surface area is 134 Å². The summed E-state index contributed by atoms with van der Waals surface area (Å²) < 4.78 is 5.63. The first-order valence-electron chi connectivity index (χ1n) is 6.05. The number of ether oxygens (including phenoxy) is 1. The number of hydrogen-bond acceptors (Lipinski definition) is 6. The van der Waals surface area contributed by atoms with Gasteiger partial charge in [0.25, 0.3) is 0 Å². The summed E-state index contributed by atoms with van der Waals surface area (Å²) >= 11 is 4.53. The van der Waals surface area contributed by atoms with E-state index in [2.05, 4.69) is 31.0 Å². The summed E-state index contributed by atoms with van der Waals surface area (Å²) in [6.07, 6.45) is 0. The van der Waals surface area contributed by atoms with Gasteiger partial charge in [0.05, 0.1) is 7.11 Å². The van der Waals surface area contributed by atoms with Gasteiger partial charge < -0.3 is 10.1 Å². The molecule has 0 radical (unpaired) electrons. The van der Waals surface area contributed by atoms with Crippen molar-refractivity contribution >= 4 is 49.8 Å². The molecule has 110 valence electrons. The Kier molecular flexibility index (Phi) is 4.74. The van der Waals surface area contributed by atoms with Gasteiger partial charge in [0.15, 0.2) is 16.6 Å². The molecular formula is C14H13BrN2O3S. The van der Waals surface area contributed by atoms with Gasteiger partial charge in [-0.1, -0.05) is 27.3 Å². The summed E-state index contributed by atoms with van der Waals surface area (Å²) in [5, 5.41) is 3.60. The molecule has 0 aliphatic heterocycles. The number of ketones is 1. The molecule has 1 heterocycles. The highest BCUT2D eigenvalue weighted by molar-refractivity contribution is 9.10. The van der Waals surface area contributed by atoms with Crippen LogP contribution in [-0.2, 0) is 4.74 Å². The molecule has 5 nitrogen and oxygen atoms in total. The number of anilines is 2. The maximum Gasteiger partial charge on any atom is 0.358 e. The van der Waals surface area contributed by atoms with Crippen LogP contribution in [0.15, 0.2) is 22.7 Å². The van der Waals surface area contributed by atoms with Crippen LogP contribution in [0.25, 0.3) is 0 Å². The largest absolute Gasteiger partial charge is 0.464 e. The van der Waals surface area contributed by atoms with E-state index in [4.69, 9.17) is 0 Å². The highest BCUT2D eigenvalue weighted by Crippen LogP contribution is 2.29. The fourth-order valence-corrected chi connectivity index (χ4v) is 3.07. The summed E-state index contributed by atoms with van der Waals surface area (Å²) in [7, 11) is 1.26. The molecule has 0 aliphatic rings. The normalized spacial score (nSPS) is 10.3. The zero-order valence-corrected chi connectivity index (χ0v) is 14.1. The van der Waals surface area contributed by atoms with Crippen LogP contribution in [0.4, 0.5) is 10.8 Å². The molecule has 1 aromatic carbocycles. The maximum absolute atomic E-state index is 11.7. The van der Waals surface area contributed by atoms with Crippen molar-refractivity contribution in [1.29, 1.82) is 0 Å². The first-order chi connectivity index (χ1) is 9.92. The topological polar surface area (TPSA) is 68.3 Å². The number of hydrogen-bond donors (Lipinski definition) is 1. The van der Waals surface area contributed by atoms with E-state index in [1.165, 1.54) is 14.0 Å². The number of nitrogens with zero attached hydrogens (tertiary/aromatic N) is 1. The van der Waals surface area contributed by atoms with Gasteiger partial charge in [0.2, 0.25) is 0 Å². The lowest BCUT2D eigenvalue weighted by Gasteiger charge is -2.06. The molecule has 0 atom stereocenters.